The number of hydrogen-bond donors (Lipinski definition) is 8. The first-order valence-corrected chi connectivity index (χ1v) is 46.1. The zero-order chi connectivity index (χ0) is 79.4. The topological polar surface area (TPSA) is 359 Å². The number of rotatable bonds is 9. The third-order valence-corrected chi connectivity index (χ3v) is 32.4. The molecule has 0 bridgehead atoms. The molecule has 4 aliphatic carbocycles. The number of aliphatic hydroxyl groups excluding tert-OH is 8. The normalized spacial score (nSPS) is 38.7. The van der Waals surface area contributed by atoms with E-state index in [-0.39, 0.29) is 66.8 Å². The molecule has 9 aliphatic heterocycles. The van der Waals surface area contributed by atoms with Crippen molar-refractivity contribution in [2.24, 2.45) is 0 Å². The van der Waals surface area contributed by atoms with Crippen LogP contribution in [0.15, 0.2) is 0 Å². The molecule has 34 heteroatoms. The molecule has 4 saturated carbocycles. The van der Waals surface area contributed by atoms with Crippen LogP contribution in [-0.4, -0.2) is 273 Å². The van der Waals surface area contributed by atoms with E-state index in [1.165, 1.54) is 103 Å². The van der Waals surface area contributed by atoms with Crippen molar-refractivity contribution < 1.29 is 154 Å². The average Bonchev–Trinajstić information content (AvgIpc) is 1.60. The molecular weight excluding hydrogens is 1620 g/mol. The Balaban J connectivity index is 0.000000629. The molecule has 9 heterocycles. The Morgan fingerprint density at radius 2 is 0.560 bits per heavy atom. The van der Waals surface area contributed by atoms with Crippen LogP contribution in [0.3, 0.4) is 0 Å². The third-order valence-electron chi connectivity index (χ3n) is 21.3. The molecule has 0 aromatic carbocycles. The van der Waals surface area contributed by atoms with Gasteiger partial charge in [0.2, 0.25) is 0 Å². The van der Waals surface area contributed by atoms with E-state index in [0.29, 0.717) is 24.4 Å². The van der Waals surface area contributed by atoms with E-state index in [9.17, 15) is 27.0 Å². The van der Waals surface area contributed by atoms with Gasteiger partial charge < -0.3 is 111 Å². The van der Waals surface area contributed by atoms with Crippen molar-refractivity contribution in [3.63, 3.8) is 0 Å². The summed E-state index contributed by atoms with van der Waals surface area (Å²) in [5.74, 6) is -2.91. The van der Waals surface area contributed by atoms with Crippen molar-refractivity contribution in [3.8, 4) is 0 Å². The van der Waals surface area contributed by atoms with Crippen LogP contribution in [0.25, 0.3) is 0 Å². The minimum Gasteiger partial charge on any atom is -0.358 e. The average molecular weight is 1760 g/mol. The fraction of sp³-hybridized carbons (Fsp3) is 0.947. The van der Waals surface area contributed by atoms with Gasteiger partial charge >= 0.3 is 58.9 Å². The smallest absolute Gasteiger partial charge is 0.358 e. The fourth-order valence-electron chi connectivity index (χ4n) is 16.5. The summed E-state index contributed by atoms with van der Waals surface area (Å²) in [6, 6.07) is 0. The minimum atomic E-state index is -3.96. The molecule has 9 saturated heterocycles. The van der Waals surface area contributed by atoms with E-state index < -0.39 is 149 Å². The van der Waals surface area contributed by atoms with Gasteiger partial charge in [-0.1, -0.05) is 94.9 Å². The van der Waals surface area contributed by atoms with Gasteiger partial charge in [0, 0.05) is 22.6 Å². The van der Waals surface area contributed by atoms with Crippen LogP contribution in [-0.2, 0) is 118 Å². The molecule has 13 fully saturated rings. The van der Waals surface area contributed by atoms with Gasteiger partial charge in [0.05, 0.1) is 49.8 Å². The molecule has 26 nitrogen and oxygen atoms in total. The molecule has 0 spiro atoms. The summed E-state index contributed by atoms with van der Waals surface area (Å²) in [5.41, 5.74) is 9.84. The van der Waals surface area contributed by atoms with Gasteiger partial charge in [0.15, 0.2) is 28.9 Å². The second-order valence-corrected chi connectivity index (χ2v) is 43.4. The van der Waals surface area contributed by atoms with Crippen LogP contribution in [0.2, 0.25) is 0 Å². The fourth-order valence-corrected chi connectivity index (χ4v) is 27.8. The Labute approximate surface area is 683 Å². The van der Waals surface area contributed by atoms with Gasteiger partial charge in [-0.05, 0) is 185 Å². The maximum absolute atomic E-state index is 11.3. The predicted molar refractivity (Wildman–Crippen MR) is 427 cm³/mol. The van der Waals surface area contributed by atoms with Gasteiger partial charge in [-0.15, -0.1) is 18.5 Å². The van der Waals surface area contributed by atoms with Crippen LogP contribution in [0, 0.1) is 22.3 Å². The van der Waals surface area contributed by atoms with E-state index in [0.717, 1.165) is 45.3 Å². The molecule has 109 heavy (non-hydrogen) atoms. The van der Waals surface area contributed by atoms with Crippen molar-refractivity contribution in [2.45, 2.75) is 437 Å². The summed E-state index contributed by atoms with van der Waals surface area (Å²) in [4.78, 5) is 0. The summed E-state index contributed by atoms with van der Waals surface area (Å²) < 4.78 is 123. The molecule has 0 aromatic heterocycles. The summed E-state index contributed by atoms with van der Waals surface area (Å²) in [6.45, 7) is 36.8. The van der Waals surface area contributed by atoms with E-state index >= 15 is 0 Å². The number of aliphatic hydroxyl groups is 8. The van der Waals surface area contributed by atoms with Crippen molar-refractivity contribution in [2.75, 3.05) is 13.2 Å². The molecule has 26 atom stereocenters. The largest absolute Gasteiger partial charge is 2.00 e. The van der Waals surface area contributed by atoms with Crippen LogP contribution in [0.4, 0.5) is 0 Å². The summed E-state index contributed by atoms with van der Waals surface area (Å²) >= 11 is 3.00. The van der Waals surface area contributed by atoms with Gasteiger partial charge in [0.1, 0.15) is 85.5 Å². The van der Waals surface area contributed by atoms with Crippen molar-refractivity contribution in [3.05, 3.63) is 22.3 Å². The van der Waals surface area contributed by atoms with Crippen LogP contribution < -0.4 is 0 Å². The standard InChI is InChI=1S/2C14H25O2P.2C9H16O6S.C9H18O4.C6H14O6.2C5H11P.3CH3.CH2.2Fe/c2*1-9-12-13(16-14(3,4)15-12)10(2)17(9)11-7-5-6-8-11;2*1-5-7-8(13-9(3,4)12-7)6(2)15-16(10,11)14-5;1-5(10)7-8(6(2)11)13-9(3,4)12-7;7-1-3(9)5(11)6(12)4(10)2-8;2*6-5-3-1-2-4-5;;;;;;/h2*9-13H,5-8H2,1-4H3;2*5-8H,1-4H3;5-8,10-11H,1-4H3;3-12H,1-2H2;2*5H,1-4,6H2;3*1H3;1H2;;/q;;;;;;;;3*-1;;+1;+2/t2*9-,10-,12+,13+;3*5-,6-,7-,8-;3-,4-,5-,6-;;;;;;;;/m001111......../s1. The second kappa shape index (κ2) is 47.2. The molecular formula is C75H147Fe2O26P4S2. The summed E-state index contributed by atoms with van der Waals surface area (Å²) in [6.07, 6.45) is 11.9. The zero-order valence-electron chi connectivity index (χ0n) is 69.6. The van der Waals surface area contributed by atoms with Crippen LogP contribution >= 0.6 is 34.3 Å². The Kier molecular flexibility index (Phi) is 47.0. The van der Waals surface area contributed by atoms with Gasteiger partial charge in [-0.3, -0.25) is 0 Å². The maximum Gasteiger partial charge on any atom is 2.00 e. The molecule has 0 radical (unpaired) electrons. The van der Waals surface area contributed by atoms with E-state index in [4.69, 9.17) is 94.7 Å². The first kappa shape index (κ1) is 109. The van der Waals surface area contributed by atoms with Crippen molar-refractivity contribution >= 4 is 60.5 Å². The second-order valence-electron chi connectivity index (χ2n) is 32.6. The van der Waals surface area contributed by atoms with Crippen LogP contribution in [0.1, 0.15) is 241 Å². The first-order valence-electron chi connectivity index (χ1n) is 38.2. The van der Waals surface area contributed by atoms with Crippen molar-refractivity contribution in [1.29, 1.82) is 0 Å². The molecule has 0 amide bonds. The number of fused-ring (bicyclic) bond motifs is 4. The van der Waals surface area contributed by atoms with E-state index in [2.05, 4.69) is 94.9 Å². The predicted octanol–water partition coefficient (Wildman–Crippen LogP) is 10.2. The Morgan fingerprint density at radius 1 is 0.376 bits per heavy atom. The number of hydrogen-bond acceptors (Lipinski definition) is 26. The Morgan fingerprint density at radius 3 is 0.734 bits per heavy atom. The first-order chi connectivity index (χ1) is 48.6. The van der Waals surface area contributed by atoms with Crippen LogP contribution in [0.5, 0.6) is 0 Å². The summed E-state index contributed by atoms with van der Waals surface area (Å²) in [7, 11) is -1.96. The zero-order valence-corrected chi connectivity index (χ0v) is 77.5. The Hall–Kier alpha value is 1.65. The van der Waals surface area contributed by atoms with Crippen molar-refractivity contribution in [1.82, 2.24) is 0 Å². The number of ether oxygens (including phenoxy) is 10. The van der Waals surface area contributed by atoms with Gasteiger partial charge in [-0.2, -0.15) is 16.8 Å². The quantitative estimate of drug-likeness (QED) is 0.0604. The molecule has 651 valence electrons. The third kappa shape index (κ3) is 31.9. The van der Waals surface area contributed by atoms with Gasteiger partial charge in [-0.25, -0.2) is 16.7 Å². The monoisotopic (exact) mass is 1760 g/mol. The summed E-state index contributed by atoms with van der Waals surface area (Å²) in [5, 5.41) is 71.0. The molecule has 13 aliphatic rings. The molecule has 8 N–H and O–H groups in total. The van der Waals surface area contributed by atoms with E-state index in [1.807, 2.05) is 0 Å². The molecule has 13 rings (SSSR count). The molecule has 0 aromatic rings. The molecule has 2 unspecified atom stereocenters. The SMILES string of the molecule is C[C@@H](O)[C@H]1OC(C)(C)O[C@@H]1[C@@H](C)O.C[C@H]1OS(=O)(=O)O[C@H](C)[C@H]2OC(C)(C)O[C@@H]21.C[C@H]1OS(=O)(=O)O[C@H](C)[C@H]2OC(C)(C)O[C@@H]21.C[C@H]1[C@H]2OC(C)(C)O[C@@H]2[C@H](C)P1C1CCCC1.C[C@H]1[C@H]2OC(C)(C)O[C@@H]2[C@H](C)P1C1CCCC1.OC[C@@H](O)[C@@H](O)[C@H](O)[C@H](O)CO.PC1CCCC1.PC1CCCC1.[CH2]=[Fe+].[CH3-].[CH3-].[CH3-].[Fe+2]. The van der Waals surface area contributed by atoms with E-state index in [1.54, 1.807) is 83.1 Å². The maximum atomic E-state index is 11.3. The minimum absolute atomic E-state index is 0. The Bertz CT molecular complexity index is 2510. The van der Waals surface area contributed by atoms with Gasteiger partial charge in [0.25, 0.3) is 0 Å².